The zero-order valence-corrected chi connectivity index (χ0v) is 12.3. The molecule has 3 rings (SSSR count). The zero-order valence-electron chi connectivity index (χ0n) is 12.3. The van der Waals surface area contributed by atoms with E-state index in [0.717, 1.165) is 6.42 Å². The molecule has 0 unspecified atom stereocenters. The Morgan fingerprint density at radius 1 is 1.32 bits per heavy atom. The molecule has 1 aliphatic carbocycles. The van der Waals surface area contributed by atoms with Crippen LogP contribution in [0.4, 0.5) is 0 Å². The summed E-state index contributed by atoms with van der Waals surface area (Å²) in [7, 11) is 0. The van der Waals surface area contributed by atoms with Crippen molar-refractivity contribution >= 4 is 17.5 Å². The number of nitrogens with zero attached hydrogens (tertiary/aromatic N) is 2. The Labute approximate surface area is 126 Å². The second kappa shape index (κ2) is 5.55. The van der Waals surface area contributed by atoms with Gasteiger partial charge in [-0.1, -0.05) is 36.3 Å². The average Bonchev–Trinajstić information content (AvgIpc) is 2.91. The van der Waals surface area contributed by atoms with Gasteiger partial charge in [-0.15, -0.1) is 0 Å². The zero-order chi connectivity index (χ0) is 15.7. The molecule has 0 spiro atoms. The van der Waals surface area contributed by atoms with Crippen molar-refractivity contribution in [1.82, 2.24) is 4.98 Å². The van der Waals surface area contributed by atoms with Crippen LogP contribution in [0.15, 0.2) is 33.8 Å². The van der Waals surface area contributed by atoms with Crippen LogP contribution in [0.1, 0.15) is 42.2 Å². The number of carbonyl (C=O) groups excluding carboxylic acids is 2. The van der Waals surface area contributed by atoms with E-state index in [-0.39, 0.29) is 11.5 Å². The summed E-state index contributed by atoms with van der Waals surface area (Å²) in [5.41, 5.74) is 1.46. The Balaban J connectivity index is 2.18. The maximum atomic E-state index is 12.6. The molecular formula is C16H14N2O4. The molecule has 0 saturated carbocycles. The summed E-state index contributed by atoms with van der Waals surface area (Å²) in [6, 6.07) is 7.07. The third kappa shape index (κ3) is 2.32. The van der Waals surface area contributed by atoms with Gasteiger partial charge in [0, 0.05) is 24.5 Å². The maximum absolute atomic E-state index is 12.6. The van der Waals surface area contributed by atoms with E-state index in [1.54, 1.807) is 18.2 Å². The molecule has 0 N–H and O–H groups in total. The molecule has 22 heavy (non-hydrogen) atoms. The minimum atomic E-state index is -0.599. The smallest absolute Gasteiger partial charge is 0.332 e. The molecule has 0 amide bonds. The molecule has 0 fully saturated rings. The van der Waals surface area contributed by atoms with E-state index in [9.17, 15) is 9.59 Å². The molecule has 0 atom stereocenters. The molecule has 0 radical (unpaired) electrons. The fraction of sp³-hybridized carbons (Fsp3) is 0.250. The number of fused-ring (bicyclic) bond motifs is 3. The lowest BCUT2D eigenvalue weighted by Gasteiger charge is -2.13. The predicted molar refractivity (Wildman–Crippen MR) is 78.6 cm³/mol. The van der Waals surface area contributed by atoms with E-state index in [0.29, 0.717) is 34.9 Å². The third-order valence-electron chi connectivity index (χ3n) is 3.26. The van der Waals surface area contributed by atoms with E-state index in [4.69, 9.17) is 4.42 Å². The van der Waals surface area contributed by atoms with Crippen LogP contribution in [-0.4, -0.2) is 22.4 Å². The first-order chi connectivity index (χ1) is 10.6. The van der Waals surface area contributed by atoms with Gasteiger partial charge in [0.1, 0.15) is 5.69 Å². The van der Waals surface area contributed by atoms with E-state index < -0.39 is 5.97 Å². The van der Waals surface area contributed by atoms with Crippen LogP contribution in [0, 0.1) is 0 Å². The van der Waals surface area contributed by atoms with Crippen LogP contribution >= 0.6 is 0 Å². The number of aryl methyl sites for hydroxylation is 1. The molecule has 1 aliphatic rings. The van der Waals surface area contributed by atoms with Gasteiger partial charge in [-0.05, 0) is 6.42 Å². The predicted octanol–water partition coefficient (Wildman–Crippen LogP) is 2.76. The summed E-state index contributed by atoms with van der Waals surface area (Å²) in [5, 5.41) is 3.67. The fourth-order valence-electron chi connectivity index (χ4n) is 2.34. The van der Waals surface area contributed by atoms with Crippen molar-refractivity contribution in [3.05, 3.63) is 41.4 Å². The molecule has 0 bridgehead atoms. The Bertz CT molecular complexity index is 789. The molecule has 0 saturated heterocycles. The highest BCUT2D eigenvalue weighted by atomic mass is 16.7. The van der Waals surface area contributed by atoms with Crippen molar-refractivity contribution in [2.75, 3.05) is 0 Å². The van der Waals surface area contributed by atoms with E-state index in [1.165, 1.54) is 6.92 Å². The van der Waals surface area contributed by atoms with Crippen LogP contribution < -0.4 is 0 Å². The Morgan fingerprint density at radius 3 is 2.73 bits per heavy atom. The molecule has 1 aromatic heterocycles. The van der Waals surface area contributed by atoms with Crippen molar-refractivity contribution in [3.63, 3.8) is 0 Å². The number of hydrogen-bond donors (Lipinski definition) is 0. The lowest BCUT2D eigenvalue weighted by atomic mass is 9.90. The number of oxazole rings is 1. The molecular weight excluding hydrogens is 284 g/mol. The van der Waals surface area contributed by atoms with Gasteiger partial charge in [0.2, 0.25) is 5.78 Å². The van der Waals surface area contributed by atoms with Crippen LogP contribution in [-0.2, 0) is 16.1 Å². The largest absolute Gasteiger partial charge is 0.440 e. The highest BCUT2D eigenvalue weighted by molar-refractivity contribution is 6.54. The summed E-state index contributed by atoms with van der Waals surface area (Å²) in [6.45, 7) is 3.23. The first kappa shape index (κ1) is 14.2. The first-order valence-electron chi connectivity index (χ1n) is 7.01. The Morgan fingerprint density at radius 2 is 2.05 bits per heavy atom. The van der Waals surface area contributed by atoms with Crippen molar-refractivity contribution in [2.45, 2.75) is 26.7 Å². The van der Waals surface area contributed by atoms with Gasteiger partial charge in [0.15, 0.2) is 17.4 Å². The fourth-order valence-corrected chi connectivity index (χ4v) is 2.34. The van der Waals surface area contributed by atoms with Crippen molar-refractivity contribution in [2.24, 2.45) is 5.16 Å². The first-order valence-corrected chi connectivity index (χ1v) is 7.01. The maximum Gasteiger partial charge on any atom is 0.332 e. The molecule has 1 aromatic carbocycles. The molecule has 1 heterocycles. The topological polar surface area (TPSA) is 81.8 Å². The molecule has 6 heteroatoms. The number of ketones is 1. The van der Waals surface area contributed by atoms with Crippen LogP contribution in [0.3, 0.4) is 0 Å². The lowest BCUT2D eigenvalue weighted by molar-refractivity contribution is -0.140. The monoisotopic (exact) mass is 298 g/mol. The summed E-state index contributed by atoms with van der Waals surface area (Å²) in [5.74, 6) is 0.0933. The van der Waals surface area contributed by atoms with E-state index in [1.807, 2.05) is 13.0 Å². The minimum absolute atomic E-state index is 0.00463. The van der Waals surface area contributed by atoms with Gasteiger partial charge in [0.25, 0.3) is 0 Å². The number of aromatic nitrogens is 1. The van der Waals surface area contributed by atoms with Crippen molar-refractivity contribution in [1.29, 1.82) is 0 Å². The van der Waals surface area contributed by atoms with Crippen LogP contribution in [0.2, 0.25) is 0 Å². The number of hydrogen-bond acceptors (Lipinski definition) is 6. The number of oxime groups is 1. The van der Waals surface area contributed by atoms with Crippen LogP contribution in [0.25, 0.3) is 11.3 Å². The summed E-state index contributed by atoms with van der Waals surface area (Å²) < 4.78 is 5.77. The molecule has 6 nitrogen and oxygen atoms in total. The summed E-state index contributed by atoms with van der Waals surface area (Å²) in [6.07, 6.45) is 1.52. The molecule has 112 valence electrons. The van der Waals surface area contributed by atoms with Crippen molar-refractivity contribution in [3.8, 4) is 11.3 Å². The standard InChI is InChI=1S/C16H14N2O4/c1-3-6-12-17-14-13(18-22-9(2)19)15(20)10-7-4-5-8-11(10)16(14)21-12/h4-5,7-8H,3,6H2,1-2H3/b18-13+. The summed E-state index contributed by atoms with van der Waals surface area (Å²) >= 11 is 0. The van der Waals surface area contributed by atoms with Crippen molar-refractivity contribution < 1.29 is 18.8 Å². The average molecular weight is 298 g/mol. The number of benzene rings is 1. The minimum Gasteiger partial charge on any atom is -0.440 e. The second-order valence-corrected chi connectivity index (χ2v) is 4.93. The van der Waals surface area contributed by atoms with Gasteiger partial charge in [-0.25, -0.2) is 9.78 Å². The number of Topliss-reactive ketones (excluding diaryl/α,β-unsaturated/α-hetero) is 1. The Hall–Kier alpha value is -2.76. The van der Waals surface area contributed by atoms with E-state index in [2.05, 4.69) is 15.0 Å². The van der Waals surface area contributed by atoms with Gasteiger partial charge < -0.3 is 9.25 Å². The number of carbonyl (C=O) groups is 2. The van der Waals surface area contributed by atoms with Gasteiger partial charge in [-0.2, -0.15) is 0 Å². The summed E-state index contributed by atoms with van der Waals surface area (Å²) in [4.78, 5) is 32.5. The number of rotatable bonds is 3. The highest BCUT2D eigenvalue weighted by Crippen LogP contribution is 2.34. The van der Waals surface area contributed by atoms with E-state index >= 15 is 0 Å². The highest BCUT2D eigenvalue weighted by Gasteiger charge is 2.34. The third-order valence-corrected chi connectivity index (χ3v) is 3.26. The second-order valence-electron chi connectivity index (χ2n) is 4.93. The Kier molecular flexibility index (Phi) is 3.58. The SMILES string of the molecule is CCCc1nc2c(o1)-c1ccccc1C(=O)/C2=N/OC(C)=O. The lowest BCUT2D eigenvalue weighted by Crippen LogP contribution is -2.23. The van der Waals surface area contributed by atoms with Gasteiger partial charge in [-0.3, -0.25) is 4.79 Å². The normalized spacial score (nSPS) is 14.6. The molecule has 0 aliphatic heterocycles. The quantitative estimate of drug-likeness (QED) is 0.643. The van der Waals surface area contributed by atoms with Gasteiger partial charge in [0.05, 0.1) is 0 Å². The molecule has 2 aromatic rings. The van der Waals surface area contributed by atoms with Gasteiger partial charge >= 0.3 is 5.97 Å². The van der Waals surface area contributed by atoms with Crippen LogP contribution in [0.5, 0.6) is 0 Å².